The van der Waals surface area contributed by atoms with Crippen LogP contribution in [0.15, 0.2) is 28.7 Å². The van der Waals surface area contributed by atoms with E-state index in [-0.39, 0.29) is 0 Å². The van der Waals surface area contributed by atoms with Gasteiger partial charge in [-0.3, -0.25) is 4.90 Å². The number of likely N-dealkylation sites (tertiary alicyclic amines) is 1. The lowest BCUT2D eigenvalue weighted by Gasteiger charge is -2.23. The Hall–Kier alpha value is -0.780. The molecule has 2 rings (SSSR count). The summed E-state index contributed by atoms with van der Waals surface area (Å²) in [6, 6.07) is 8.12. The molecule has 1 saturated heterocycles. The maximum absolute atomic E-state index is 3.51. The average Bonchev–Trinajstić information content (AvgIpc) is 2.33. The minimum absolute atomic E-state index is 0.904. The summed E-state index contributed by atoms with van der Waals surface area (Å²) in [6.07, 6.45) is 4.04. The molecular formula is C14H16BrN. The molecule has 16 heavy (non-hydrogen) atoms. The van der Waals surface area contributed by atoms with Crippen LogP contribution in [-0.2, 0) is 0 Å². The van der Waals surface area contributed by atoms with Crippen LogP contribution < -0.4 is 0 Å². The van der Waals surface area contributed by atoms with E-state index in [2.05, 4.69) is 32.7 Å². The molecule has 1 aromatic rings. The summed E-state index contributed by atoms with van der Waals surface area (Å²) in [7, 11) is 0. The number of piperidine rings is 1. The van der Waals surface area contributed by atoms with E-state index in [0.717, 1.165) is 16.6 Å². The van der Waals surface area contributed by atoms with E-state index in [9.17, 15) is 0 Å². The van der Waals surface area contributed by atoms with Gasteiger partial charge in [-0.05, 0) is 54.0 Å². The molecular weight excluding hydrogens is 262 g/mol. The minimum Gasteiger partial charge on any atom is -0.292 e. The second-order valence-corrected chi connectivity index (χ2v) is 4.97. The van der Waals surface area contributed by atoms with Crippen LogP contribution in [0.4, 0.5) is 0 Å². The first kappa shape index (κ1) is 11.7. The van der Waals surface area contributed by atoms with Gasteiger partial charge in [0.25, 0.3) is 0 Å². The summed E-state index contributed by atoms with van der Waals surface area (Å²) in [4.78, 5) is 2.44. The topological polar surface area (TPSA) is 3.24 Å². The third kappa shape index (κ3) is 3.37. The predicted molar refractivity (Wildman–Crippen MR) is 71.3 cm³/mol. The van der Waals surface area contributed by atoms with E-state index in [1.807, 2.05) is 24.3 Å². The second-order valence-electron chi connectivity index (χ2n) is 4.12. The molecule has 1 aliphatic heterocycles. The van der Waals surface area contributed by atoms with Gasteiger partial charge in [-0.2, -0.15) is 0 Å². The Morgan fingerprint density at radius 3 is 2.62 bits per heavy atom. The molecule has 0 radical (unpaired) electrons. The van der Waals surface area contributed by atoms with Crippen molar-refractivity contribution in [2.24, 2.45) is 0 Å². The summed E-state index contributed by atoms with van der Waals surface area (Å²) in [5.41, 5.74) is 1.08. The van der Waals surface area contributed by atoms with Gasteiger partial charge in [-0.1, -0.05) is 30.4 Å². The Kier molecular flexibility index (Phi) is 4.44. The van der Waals surface area contributed by atoms with E-state index in [0.29, 0.717) is 0 Å². The van der Waals surface area contributed by atoms with Gasteiger partial charge in [0.15, 0.2) is 0 Å². The van der Waals surface area contributed by atoms with Crippen molar-refractivity contribution in [2.75, 3.05) is 19.6 Å². The Balaban J connectivity index is 1.92. The quantitative estimate of drug-likeness (QED) is 0.712. The van der Waals surface area contributed by atoms with Crippen LogP contribution in [0.3, 0.4) is 0 Å². The highest BCUT2D eigenvalue weighted by molar-refractivity contribution is 9.10. The van der Waals surface area contributed by atoms with Crippen LogP contribution in [0.5, 0.6) is 0 Å². The number of halogens is 1. The van der Waals surface area contributed by atoms with Crippen molar-refractivity contribution in [1.82, 2.24) is 4.90 Å². The lowest BCUT2D eigenvalue weighted by Crippen LogP contribution is -2.29. The zero-order valence-corrected chi connectivity index (χ0v) is 11.0. The summed E-state index contributed by atoms with van der Waals surface area (Å²) < 4.78 is 1.08. The van der Waals surface area contributed by atoms with Gasteiger partial charge in [-0.15, -0.1) is 0 Å². The third-order valence-electron chi connectivity index (χ3n) is 2.85. The van der Waals surface area contributed by atoms with E-state index in [4.69, 9.17) is 0 Å². The smallest absolute Gasteiger partial charge is 0.0605 e. The molecule has 0 saturated carbocycles. The van der Waals surface area contributed by atoms with Gasteiger partial charge >= 0.3 is 0 Å². The fourth-order valence-electron chi connectivity index (χ4n) is 1.93. The SMILES string of the molecule is Brc1ccccc1C#CCN1CCCCC1. The summed E-state index contributed by atoms with van der Waals surface area (Å²) >= 11 is 3.51. The van der Waals surface area contributed by atoms with Crippen LogP contribution in [0, 0.1) is 11.8 Å². The van der Waals surface area contributed by atoms with Gasteiger partial charge in [0.1, 0.15) is 0 Å². The molecule has 1 fully saturated rings. The van der Waals surface area contributed by atoms with Crippen molar-refractivity contribution < 1.29 is 0 Å². The first-order valence-electron chi connectivity index (χ1n) is 5.82. The van der Waals surface area contributed by atoms with Gasteiger partial charge in [0.2, 0.25) is 0 Å². The first-order valence-corrected chi connectivity index (χ1v) is 6.61. The monoisotopic (exact) mass is 277 g/mol. The Morgan fingerprint density at radius 2 is 1.88 bits per heavy atom. The molecule has 0 spiro atoms. The predicted octanol–water partition coefficient (Wildman–Crippen LogP) is 3.29. The highest BCUT2D eigenvalue weighted by Gasteiger charge is 2.07. The molecule has 1 nitrogen and oxygen atoms in total. The molecule has 0 atom stereocenters. The Morgan fingerprint density at radius 1 is 1.12 bits per heavy atom. The van der Waals surface area contributed by atoms with Gasteiger partial charge < -0.3 is 0 Å². The van der Waals surface area contributed by atoms with Crippen molar-refractivity contribution in [3.05, 3.63) is 34.3 Å². The number of benzene rings is 1. The Labute approximate surface area is 106 Å². The van der Waals surface area contributed by atoms with Crippen molar-refractivity contribution in [3.8, 4) is 11.8 Å². The molecule has 0 unspecified atom stereocenters. The van der Waals surface area contributed by atoms with Crippen molar-refractivity contribution >= 4 is 15.9 Å². The summed E-state index contributed by atoms with van der Waals surface area (Å²) in [6.45, 7) is 3.33. The first-order chi connectivity index (χ1) is 7.86. The van der Waals surface area contributed by atoms with Crippen molar-refractivity contribution in [2.45, 2.75) is 19.3 Å². The van der Waals surface area contributed by atoms with Crippen LogP contribution in [0.25, 0.3) is 0 Å². The zero-order chi connectivity index (χ0) is 11.2. The number of hydrogen-bond acceptors (Lipinski definition) is 1. The fourth-order valence-corrected chi connectivity index (χ4v) is 2.31. The molecule has 1 aliphatic rings. The maximum atomic E-state index is 3.51. The largest absolute Gasteiger partial charge is 0.292 e. The van der Waals surface area contributed by atoms with Crippen molar-refractivity contribution in [3.63, 3.8) is 0 Å². The van der Waals surface area contributed by atoms with Crippen LogP contribution >= 0.6 is 15.9 Å². The molecule has 1 heterocycles. The lowest BCUT2D eigenvalue weighted by atomic mass is 10.1. The van der Waals surface area contributed by atoms with Gasteiger partial charge in [0.05, 0.1) is 6.54 Å². The summed E-state index contributed by atoms with van der Waals surface area (Å²) in [5, 5.41) is 0. The number of hydrogen-bond donors (Lipinski definition) is 0. The highest BCUT2D eigenvalue weighted by atomic mass is 79.9. The van der Waals surface area contributed by atoms with E-state index < -0.39 is 0 Å². The molecule has 84 valence electrons. The fraction of sp³-hybridized carbons (Fsp3) is 0.429. The van der Waals surface area contributed by atoms with Gasteiger partial charge in [0, 0.05) is 10.0 Å². The highest BCUT2D eigenvalue weighted by Crippen LogP contribution is 2.14. The Bertz CT molecular complexity index is 397. The molecule has 0 aromatic heterocycles. The minimum atomic E-state index is 0.904. The normalized spacial score (nSPS) is 16.6. The average molecular weight is 278 g/mol. The zero-order valence-electron chi connectivity index (χ0n) is 9.38. The van der Waals surface area contributed by atoms with E-state index in [1.165, 1.54) is 32.4 Å². The van der Waals surface area contributed by atoms with Crippen LogP contribution in [0.2, 0.25) is 0 Å². The summed E-state index contributed by atoms with van der Waals surface area (Å²) in [5.74, 6) is 6.48. The maximum Gasteiger partial charge on any atom is 0.0605 e. The number of nitrogens with zero attached hydrogens (tertiary/aromatic N) is 1. The molecule has 0 aliphatic carbocycles. The van der Waals surface area contributed by atoms with Crippen molar-refractivity contribution in [1.29, 1.82) is 0 Å². The molecule has 1 aromatic carbocycles. The molecule has 0 bridgehead atoms. The molecule has 0 amide bonds. The van der Waals surface area contributed by atoms with E-state index >= 15 is 0 Å². The van der Waals surface area contributed by atoms with Crippen LogP contribution in [0.1, 0.15) is 24.8 Å². The standard InChI is InChI=1S/C14H16BrN/c15-14-9-3-2-7-13(14)8-6-12-16-10-4-1-5-11-16/h2-3,7,9H,1,4-5,10-12H2. The second kappa shape index (κ2) is 6.08. The molecule has 2 heteroatoms. The number of rotatable bonds is 1. The lowest BCUT2D eigenvalue weighted by molar-refractivity contribution is 0.255. The van der Waals surface area contributed by atoms with Crippen LogP contribution in [-0.4, -0.2) is 24.5 Å². The third-order valence-corrected chi connectivity index (χ3v) is 3.54. The van der Waals surface area contributed by atoms with Gasteiger partial charge in [-0.25, -0.2) is 0 Å². The van der Waals surface area contributed by atoms with E-state index in [1.54, 1.807) is 0 Å². The molecule has 0 N–H and O–H groups in total.